The summed E-state index contributed by atoms with van der Waals surface area (Å²) in [6.45, 7) is 4.58. The molecule has 0 aromatic carbocycles. The Kier molecular flexibility index (Phi) is 5.12. The summed E-state index contributed by atoms with van der Waals surface area (Å²) in [4.78, 5) is 13.4. The molecule has 0 amide bonds. The van der Waals surface area contributed by atoms with E-state index in [1.165, 1.54) is 0 Å². The first-order valence-electron chi connectivity index (χ1n) is 9.61. The number of hydrogen-bond donors (Lipinski definition) is 0. The predicted molar refractivity (Wildman–Crippen MR) is 110 cm³/mol. The zero-order valence-corrected chi connectivity index (χ0v) is 16.9. The first kappa shape index (κ1) is 19.0. The van der Waals surface area contributed by atoms with Crippen LogP contribution in [0.3, 0.4) is 0 Å². The van der Waals surface area contributed by atoms with Crippen molar-refractivity contribution in [1.82, 2.24) is 19.3 Å². The summed E-state index contributed by atoms with van der Waals surface area (Å²) >= 11 is 0. The molecule has 28 heavy (non-hydrogen) atoms. The fourth-order valence-corrected chi connectivity index (χ4v) is 4.98. The van der Waals surface area contributed by atoms with Crippen molar-refractivity contribution in [3.63, 3.8) is 0 Å². The number of aromatic nitrogens is 3. The van der Waals surface area contributed by atoms with Crippen molar-refractivity contribution in [2.75, 3.05) is 13.1 Å². The highest BCUT2D eigenvalue weighted by Crippen LogP contribution is 2.30. The van der Waals surface area contributed by atoms with Gasteiger partial charge in [0.05, 0.1) is 5.25 Å². The Morgan fingerprint density at radius 3 is 2.43 bits per heavy atom. The van der Waals surface area contributed by atoms with Crippen LogP contribution in [0.15, 0.2) is 48.9 Å². The first-order chi connectivity index (χ1) is 13.4. The van der Waals surface area contributed by atoms with E-state index in [4.69, 9.17) is 4.98 Å². The Morgan fingerprint density at radius 2 is 1.75 bits per heavy atom. The average Bonchev–Trinajstić information content (AvgIpc) is 2.73. The monoisotopic (exact) mass is 396 g/mol. The van der Waals surface area contributed by atoms with Gasteiger partial charge >= 0.3 is 0 Å². The highest BCUT2D eigenvalue weighted by molar-refractivity contribution is 7.89. The first-order valence-corrected chi connectivity index (χ1v) is 11.1. The summed E-state index contributed by atoms with van der Waals surface area (Å²) in [6, 6.07) is 10.1. The van der Waals surface area contributed by atoms with Crippen LogP contribution in [0.25, 0.3) is 22.2 Å². The van der Waals surface area contributed by atoms with E-state index in [0.717, 1.165) is 40.7 Å². The molecule has 0 spiro atoms. The van der Waals surface area contributed by atoms with E-state index in [9.17, 15) is 8.42 Å². The number of nitrogens with zero attached hydrogens (tertiary/aromatic N) is 4. The van der Waals surface area contributed by atoms with Gasteiger partial charge in [-0.3, -0.25) is 4.98 Å². The summed E-state index contributed by atoms with van der Waals surface area (Å²) in [7, 11) is -3.18. The van der Waals surface area contributed by atoms with Crippen molar-refractivity contribution < 1.29 is 8.42 Å². The van der Waals surface area contributed by atoms with Crippen molar-refractivity contribution in [3.8, 4) is 11.1 Å². The second-order valence-electron chi connectivity index (χ2n) is 7.51. The van der Waals surface area contributed by atoms with E-state index in [2.05, 4.69) is 28.2 Å². The van der Waals surface area contributed by atoms with E-state index in [-0.39, 0.29) is 11.2 Å². The molecule has 1 saturated heterocycles. The molecule has 1 aliphatic heterocycles. The summed E-state index contributed by atoms with van der Waals surface area (Å²) in [5.41, 5.74) is 3.84. The molecule has 3 aromatic rings. The van der Waals surface area contributed by atoms with Crippen LogP contribution < -0.4 is 0 Å². The molecule has 0 atom stereocenters. The average molecular weight is 397 g/mol. The lowest BCUT2D eigenvalue weighted by Crippen LogP contribution is -2.41. The van der Waals surface area contributed by atoms with Crippen LogP contribution >= 0.6 is 0 Å². The third kappa shape index (κ3) is 3.64. The molecule has 3 aromatic heterocycles. The van der Waals surface area contributed by atoms with Gasteiger partial charge in [-0.15, -0.1) is 0 Å². The molecule has 4 rings (SSSR count). The fraction of sp³-hybridized carbons (Fsp3) is 0.381. The standard InChI is InChI=1S/C21H24N4O2S/c1-15(2)28(26,27)25-11-7-17(8-12-25)20-4-3-18-13-19(14-23-21(18)24-20)16-5-9-22-10-6-16/h3-6,9-10,13-15,17H,7-8,11-12H2,1-2H3. The maximum Gasteiger partial charge on any atom is 0.216 e. The lowest BCUT2D eigenvalue weighted by atomic mass is 9.94. The largest absolute Gasteiger partial charge is 0.265 e. The molecule has 0 bridgehead atoms. The SMILES string of the molecule is CC(C)S(=O)(=O)N1CCC(c2ccc3cc(-c4ccncc4)cnc3n2)CC1. The molecular weight excluding hydrogens is 372 g/mol. The molecular formula is C21H24N4O2S. The third-order valence-corrected chi connectivity index (χ3v) is 7.68. The minimum Gasteiger partial charge on any atom is -0.265 e. The van der Waals surface area contributed by atoms with Gasteiger partial charge in [-0.25, -0.2) is 22.7 Å². The zero-order chi connectivity index (χ0) is 19.7. The summed E-state index contributed by atoms with van der Waals surface area (Å²) in [6.07, 6.45) is 6.96. The van der Waals surface area contributed by atoms with E-state index in [1.807, 2.05) is 18.3 Å². The van der Waals surface area contributed by atoms with Crippen LogP contribution in [0.1, 0.15) is 38.3 Å². The van der Waals surface area contributed by atoms with Crippen LogP contribution in [-0.4, -0.2) is 46.0 Å². The Bertz CT molecular complexity index is 1080. The number of fused-ring (bicyclic) bond motifs is 1. The Labute approximate surface area is 165 Å². The third-order valence-electron chi connectivity index (χ3n) is 5.41. The molecule has 1 fully saturated rings. The highest BCUT2D eigenvalue weighted by atomic mass is 32.2. The molecule has 0 radical (unpaired) electrons. The van der Waals surface area contributed by atoms with Crippen LogP contribution in [-0.2, 0) is 10.0 Å². The van der Waals surface area contributed by atoms with Gasteiger partial charge in [-0.2, -0.15) is 0 Å². The fourth-order valence-electron chi connectivity index (χ4n) is 3.66. The van der Waals surface area contributed by atoms with Gasteiger partial charge < -0.3 is 0 Å². The van der Waals surface area contributed by atoms with E-state index in [1.54, 1.807) is 30.5 Å². The Balaban J connectivity index is 1.53. The molecule has 4 heterocycles. The van der Waals surface area contributed by atoms with Crippen LogP contribution in [0.5, 0.6) is 0 Å². The molecule has 0 aliphatic carbocycles. The summed E-state index contributed by atoms with van der Waals surface area (Å²) in [5.74, 6) is 0.268. The van der Waals surface area contributed by atoms with Gasteiger partial charge in [0.2, 0.25) is 10.0 Å². The van der Waals surface area contributed by atoms with Crippen molar-refractivity contribution >= 4 is 21.1 Å². The second-order valence-corrected chi connectivity index (χ2v) is 10.00. The number of sulfonamides is 1. The molecule has 1 aliphatic rings. The quantitative estimate of drug-likeness (QED) is 0.673. The van der Waals surface area contributed by atoms with Crippen molar-refractivity contribution in [1.29, 1.82) is 0 Å². The van der Waals surface area contributed by atoms with Crippen molar-refractivity contribution in [2.24, 2.45) is 0 Å². The summed E-state index contributed by atoms with van der Waals surface area (Å²) in [5, 5.41) is 0.625. The van der Waals surface area contributed by atoms with Gasteiger partial charge in [-0.05, 0) is 62.6 Å². The molecule has 146 valence electrons. The smallest absolute Gasteiger partial charge is 0.216 e. The van der Waals surface area contributed by atoms with Crippen LogP contribution in [0.2, 0.25) is 0 Å². The maximum absolute atomic E-state index is 12.3. The molecule has 7 heteroatoms. The lowest BCUT2D eigenvalue weighted by molar-refractivity contribution is 0.314. The van der Waals surface area contributed by atoms with Crippen molar-refractivity contribution in [3.05, 3.63) is 54.6 Å². The van der Waals surface area contributed by atoms with Gasteiger partial charge in [-0.1, -0.05) is 0 Å². The van der Waals surface area contributed by atoms with E-state index < -0.39 is 10.0 Å². The predicted octanol–water partition coefficient (Wildman–Crippen LogP) is 3.61. The number of hydrogen-bond acceptors (Lipinski definition) is 5. The van der Waals surface area contributed by atoms with Crippen LogP contribution in [0, 0.1) is 0 Å². The minimum atomic E-state index is -3.18. The number of piperidine rings is 1. The van der Waals surface area contributed by atoms with Gasteiger partial charge in [0.15, 0.2) is 5.65 Å². The maximum atomic E-state index is 12.3. The number of pyridine rings is 3. The zero-order valence-electron chi connectivity index (χ0n) is 16.1. The normalized spacial score (nSPS) is 16.7. The van der Waals surface area contributed by atoms with Crippen molar-refractivity contribution in [2.45, 2.75) is 37.9 Å². The number of rotatable bonds is 4. The molecule has 0 N–H and O–H groups in total. The van der Waals surface area contributed by atoms with E-state index in [0.29, 0.717) is 13.1 Å². The highest BCUT2D eigenvalue weighted by Gasteiger charge is 2.31. The Morgan fingerprint density at radius 1 is 1.04 bits per heavy atom. The van der Waals surface area contributed by atoms with E-state index >= 15 is 0 Å². The van der Waals surface area contributed by atoms with Crippen LogP contribution in [0.4, 0.5) is 0 Å². The summed E-state index contributed by atoms with van der Waals surface area (Å²) < 4.78 is 26.3. The second kappa shape index (κ2) is 7.56. The van der Waals surface area contributed by atoms with Gasteiger partial charge in [0.1, 0.15) is 0 Å². The minimum absolute atomic E-state index is 0.268. The lowest BCUT2D eigenvalue weighted by Gasteiger charge is -2.32. The van der Waals surface area contributed by atoms with Gasteiger partial charge in [0, 0.05) is 54.2 Å². The topological polar surface area (TPSA) is 76.1 Å². The molecule has 0 unspecified atom stereocenters. The Hall–Kier alpha value is -2.38. The van der Waals surface area contributed by atoms with Gasteiger partial charge in [0.25, 0.3) is 0 Å². The molecule has 0 saturated carbocycles. The molecule has 6 nitrogen and oxygen atoms in total.